The Balaban J connectivity index is 1.51. The van der Waals surface area contributed by atoms with E-state index < -0.39 is 5.92 Å². The molecule has 206 valence electrons. The van der Waals surface area contributed by atoms with Crippen LogP contribution in [-0.4, -0.2) is 11.6 Å². The number of ether oxygens (including phenoxy) is 2. The number of hydrogen-bond donors (Lipinski definition) is 0. The number of rotatable bonds is 4. The van der Waals surface area contributed by atoms with Crippen molar-refractivity contribution in [3.8, 4) is 5.75 Å². The molecule has 0 unspecified atom stereocenters. The van der Waals surface area contributed by atoms with Gasteiger partial charge in [0.1, 0.15) is 23.9 Å². The van der Waals surface area contributed by atoms with Gasteiger partial charge in [-0.05, 0) is 39.3 Å². The number of ketones is 2. The van der Waals surface area contributed by atoms with Crippen molar-refractivity contribution in [2.75, 3.05) is 0 Å². The van der Waals surface area contributed by atoms with Gasteiger partial charge in [0.2, 0.25) is 0 Å². The molecular weight excluding hydrogens is 543 g/mol. The number of hydrogen-bond acceptors (Lipinski definition) is 4. The summed E-state index contributed by atoms with van der Waals surface area (Å²) in [6, 6.07) is 17.7. The highest BCUT2D eigenvalue weighted by atomic mass is 35.5. The number of benzene rings is 3. The van der Waals surface area contributed by atoms with Gasteiger partial charge in [-0.3, -0.25) is 9.59 Å². The minimum absolute atomic E-state index is 0.0171. The van der Waals surface area contributed by atoms with Crippen LogP contribution in [0.1, 0.15) is 70.4 Å². The molecule has 0 fully saturated rings. The highest BCUT2D eigenvalue weighted by Crippen LogP contribution is 2.55. The maximum absolute atomic E-state index is 13.8. The summed E-state index contributed by atoms with van der Waals surface area (Å²) in [5, 5.41) is 2.96. The van der Waals surface area contributed by atoms with Crippen LogP contribution in [0, 0.1) is 10.8 Å². The molecule has 0 saturated carbocycles. The average Bonchev–Trinajstić information content (AvgIpc) is 2.85. The summed E-state index contributed by atoms with van der Waals surface area (Å²) in [6.07, 6.45) is 1.95. The molecule has 0 spiro atoms. The molecule has 6 rings (SSSR count). The van der Waals surface area contributed by atoms with Gasteiger partial charge in [0, 0.05) is 47.4 Å². The van der Waals surface area contributed by atoms with Gasteiger partial charge in [-0.15, -0.1) is 0 Å². The molecule has 0 atom stereocenters. The van der Waals surface area contributed by atoms with Crippen molar-refractivity contribution in [2.24, 2.45) is 10.8 Å². The van der Waals surface area contributed by atoms with Crippen LogP contribution in [0.3, 0.4) is 0 Å². The quantitative estimate of drug-likeness (QED) is 0.311. The van der Waals surface area contributed by atoms with Crippen LogP contribution in [0.2, 0.25) is 10.0 Å². The predicted octanol–water partition coefficient (Wildman–Crippen LogP) is 9.13. The van der Waals surface area contributed by atoms with E-state index in [1.165, 1.54) is 0 Å². The number of carbonyl (C=O) groups excluding carboxylic acids is 2. The van der Waals surface area contributed by atoms with Gasteiger partial charge >= 0.3 is 0 Å². The van der Waals surface area contributed by atoms with Crippen LogP contribution in [0.4, 0.5) is 0 Å². The normalized spacial score (nSPS) is 20.4. The molecule has 0 amide bonds. The lowest BCUT2D eigenvalue weighted by molar-refractivity contribution is -0.120. The van der Waals surface area contributed by atoms with Crippen molar-refractivity contribution in [2.45, 2.75) is 65.9 Å². The third-order valence-corrected chi connectivity index (χ3v) is 8.68. The Kier molecular flexibility index (Phi) is 6.63. The molecular formula is C34H32Cl2O4. The van der Waals surface area contributed by atoms with E-state index in [-0.39, 0.29) is 29.0 Å². The van der Waals surface area contributed by atoms with E-state index >= 15 is 0 Å². The van der Waals surface area contributed by atoms with Crippen molar-refractivity contribution in [1.29, 1.82) is 0 Å². The van der Waals surface area contributed by atoms with E-state index in [1.807, 2.05) is 24.3 Å². The standard InChI is InChI=1S/C34H32Cl2O4/c1-33(2)14-25(37)30-27(16-33)40-28-17-34(3,4)15-26(38)31(28)29(30)23-12-21(35)13-24(36)32(23)39-18-20-10-7-9-19-8-5-6-11-22(19)20/h5-13,29H,14-18H2,1-4H3. The Bertz CT molecular complexity index is 1590. The molecule has 0 radical (unpaired) electrons. The zero-order valence-electron chi connectivity index (χ0n) is 23.2. The van der Waals surface area contributed by atoms with E-state index in [4.69, 9.17) is 32.7 Å². The molecule has 1 aliphatic heterocycles. The lowest BCUT2D eigenvalue weighted by Gasteiger charge is -2.43. The zero-order chi connectivity index (χ0) is 28.4. The highest BCUT2D eigenvalue weighted by Gasteiger charge is 2.48. The van der Waals surface area contributed by atoms with Crippen LogP contribution in [0.5, 0.6) is 5.75 Å². The largest absolute Gasteiger partial charge is 0.487 e. The van der Waals surface area contributed by atoms with Gasteiger partial charge in [0.05, 0.1) is 10.9 Å². The summed E-state index contributed by atoms with van der Waals surface area (Å²) in [4.78, 5) is 27.5. The van der Waals surface area contributed by atoms with Gasteiger partial charge in [-0.25, -0.2) is 0 Å². The molecule has 40 heavy (non-hydrogen) atoms. The number of fused-ring (bicyclic) bond motifs is 1. The van der Waals surface area contributed by atoms with Crippen molar-refractivity contribution in [3.05, 3.63) is 98.4 Å². The molecule has 1 heterocycles. The van der Waals surface area contributed by atoms with Crippen LogP contribution in [0.25, 0.3) is 10.8 Å². The smallest absolute Gasteiger partial charge is 0.163 e. The van der Waals surface area contributed by atoms with Crippen LogP contribution in [-0.2, 0) is 20.9 Å². The first-order chi connectivity index (χ1) is 18.9. The summed E-state index contributed by atoms with van der Waals surface area (Å²) in [7, 11) is 0. The van der Waals surface area contributed by atoms with Gasteiger partial charge in [-0.1, -0.05) is 93.4 Å². The van der Waals surface area contributed by atoms with Crippen molar-refractivity contribution in [1.82, 2.24) is 0 Å². The Morgan fingerprint density at radius 1 is 0.825 bits per heavy atom. The fourth-order valence-corrected chi connectivity index (χ4v) is 7.06. The first kappa shape index (κ1) is 27.1. The van der Waals surface area contributed by atoms with Crippen molar-refractivity contribution >= 4 is 45.5 Å². The average molecular weight is 576 g/mol. The second-order valence-corrected chi connectivity index (χ2v) is 13.7. The second-order valence-electron chi connectivity index (χ2n) is 12.8. The van der Waals surface area contributed by atoms with Crippen LogP contribution < -0.4 is 4.74 Å². The van der Waals surface area contributed by atoms with E-state index in [2.05, 4.69) is 45.9 Å². The predicted molar refractivity (Wildman–Crippen MR) is 159 cm³/mol. The maximum Gasteiger partial charge on any atom is 0.163 e. The van der Waals surface area contributed by atoms with E-state index in [0.717, 1.165) is 16.3 Å². The molecule has 6 heteroatoms. The van der Waals surface area contributed by atoms with E-state index in [0.29, 0.717) is 69.7 Å². The van der Waals surface area contributed by atoms with Crippen molar-refractivity contribution in [3.63, 3.8) is 0 Å². The lowest BCUT2D eigenvalue weighted by atomic mass is 9.65. The summed E-state index contributed by atoms with van der Waals surface area (Å²) in [6.45, 7) is 8.55. The third kappa shape index (κ3) is 4.86. The number of carbonyl (C=O) groups is 2. The third-order valence-electron chi connectivity index (χ3n) is 8.18. The molecule has 3 aromatic carbocycles. The summed E-state index contributed by atoms with van der Waals surface area (Å²) < 4.78 is 12.9. The molecule has 0 bridgehead atoms. The lowest BCUT2D eigenvalue weighted by Crippen LogP contribution is -2.37. The molecule has 3 aromatic rings. The zero-order valence-corrected chi connectivity index (χ0v) is 24.7. The van der Waals surface area contributed by atoms with E-state index in [1.54, 1.807) is 12.1 Å². The first-order valence-electron chi connectivity index (χ1n) is 13.7. The Morgan fingerprint density at radius 2 is 1.43 bits per heavy atom. The first-order valence-corrected chi connectivity index (χ1v) is 14.5. The minimum atomic E-state index is -0.648. The van der Waals surface area contributed by atoms with Crippen LogP contribution in [0.15, 0.2) is 77.3 Å². The molecule has 0 aromatic heterocycles. The Morgan fingerprint density at radius 3 is 2.08 bits per heavy atom. The molecule has 3 aliphatic rings. The Labute approximate surface area is 244 Å². The molecule has 0 saturated heterocycles. The molecule has 0 N–H and O–H groups in total. The van der Waals surface area contributed by atoms with Gasteiger partial charge in [0.15, 0.2) is 11.6 Å². The summed E-state index contributed by atoms with van der Waals surface area (Å²) in [5.74, 6) is 1.04. The topological polar surface area (TPSA) is 52.6 Å². The maximum atomic E-state index is 13.8. The SMILES string of the molecule is CC1(C)CC(=O)C2=C(C1)OC1=C(C(=O)CC(C)(C)C1)C2c1cc(Cl)cc(Cl)c1OCc1cccc2ccccc12. The Hall–Kier alpha value is -3.08. The number of halogens is 2. The van der Waals surface area contributed by atoms with E-state index in [9.17, 15) is 9.59 Å². The van der Waals surface area contributed by atoms with Gasteiger partial charge in [-0.2, -0.15) is 0 Å². The fourth-order valence-electron chi connectivity index (χ4n) is 6.50. The second kappa shape index (κ2) is 9.78. The molecule has 2 aliphatic carbocycles. The number of allylic oxidation sites excluding steroid dienone is 4. The molecule has 4 nitrogen and oxygen atoms in total. The number of Topliss-reactive ketones (excluding diaryl/α,β-unsaturated/α-hetero) is 2. The van der Waals surface area contributed by atoms with Crippen LogP contribution >= 0.6 is 23.2 Å². The van der Waals surface area contributed by atoms with Gasteiger partial charge in [0.25, 0.3) is 0 Å². The summed E-state index contributed by atoms with van der Waals surface area (Å²) >= 11 is 13.4. The van der Waals surface area contributed by atoms with Gasteiger partial charge < -0.3 is 9.47 Å². The minimum Gasteiger partial charge on any atom is -0.487 e. The monoisotopic (exact) mass is 574 g/mol. The highest BCUT2D eigenvalue weighted by molar-refractivity contribution is 6.35. The van der Waals surface area contributed by atoms with Crippen molar-refractivity contribution < 1.29 is 19.1 Å². The fraction of sp³-hybridized carbons (Fsp3) is 0.353. The summed E-state index contributed by atoms with van der Waals surface area (Å²) in [5.41, 5.74) is 2.20.